The molecule has 1 saturated heterocycles. The summed E-state index contributed by atoms with van der Waals surface area (Å²) >= 11 is 0. The third-order valence-electron chi connectivity index (χ3n) is 4.52. The monoisotopic (exact) mass is 328 g/mol. The Labute approximate surface area is 142 Å². The lowest BCUT2D eigenvalue weighted by molar-refractivity contribution is 0.239. The highest BCUT2D eigenvalue weighted by Gasteiger charge is 2.23. The molecule has 1 aromatic heterocycles. The third-order valence-corrected chi connectivity index (χ3v) is 4.52. The molecule has 0 radical (unpaired) electrons. The normalized spacial score (nSPS) is 19.1. The highest BCUT2D eigenvalue weighted by molar-refractivity contribution is 5.50. The van der Waals surface area contributed by atoms with Crippen LogP contribution in [0.2, 0.25) is 0 Å². The molecule has 3 N–H and O–H groups in total. The largest absolute Gasteiger partial charge is 0.508 e. The van der Waals surface area contributed by atoms with Gasteiger partial charge in [-0.05, 0) is 43.9 Å². The Morgan fingerprint density at radius 2 is 2.17 bits per heavy atom. The predicted octanol–water partition coefficient (Wildman–Crippen LogP) is 2.71. The van der Waals surface area contributed by atoms with Crippen LogP contribution in [-0.2, 0) is 0 Å². The van der Waals surface area contributed by atoms with Gasteiger partial charge in [-0.1, -0.05) is 12.1 Å². The molecule has 24 heavy (non-hydrogen) atoms. The van der Waals surface area contributed by atoms with E-state index in [1.807, 2.05) is 25.1 Å². The molecule has 0 bridgehead atoms. The van der Waals surface area contributed by atoms with Crippen molar-refractivity contribution < 1.29 is 10.2 Å². The van der Waals surface area contributed by atoms with Gasteiger partial charge in [0.05, 0.1) is 18.7 Å². The Kier molecular flexibility index (Phi) is 5.15. The summed E-state index contributed by atoms with van der Waals surface area (Å²) in [5.41, 5.74) is 0.987. The average molecular weight is 328 g/mol. The van der Waals surface area contributed by atoms with Crippen molar-refractivity contribution in [3.63, 3.8) is 0 Å². The molecule has 2 atom stereocenters. The van der Waals surface area contributed by atoms with Crippen LogP contribution in [0.3, 0.4) is 0 Å². The van der Waals surface area contributed by atoms with Crippen LogP contribution >= 0.6 is 0 Å². The van der Waals surface area contributed by atoms with Crippen LogP contribution in [0.1, 0.15) is 37.8 Å². The smallest absolute Gasteiger partial charge is 0.134 e. The number of rotatable bonds is 5. The number of nitrogens with one attached hydrogen (secondary N) is 1. The number of aliphatic hydroxyl groups is 1. The maximum atomic E-state index is 9.61. The Bertz CT molecular complexity index is 680. The van der Waals surface area contributed by atoms with Crippen LogP contribution in [0.15, 0.2) is 36.7 Å². The molecule has 0 saturated carbocycles. The Hall–Kier alpha value is -2.34. The van der Waals surface area contributed by atoms with Crippen molar-refractivity contribution in [2.75, 3.05) is 23.4 Å². The number of anilines is 2. The number of nitrogens with zero attached hydrogens (tertiary/aromatic N) is 3. The maximum absolute atomic E-state index is 9.61. The van der Waals surface area contributed by atoms with E-state index in [9.17, 15) is 10.2 Å². The van der Waals surface area contributed by atoms with Crippen molar-refractivity contribution in [3.05, 3.63) is 42.2 Å². The van der Waals surface area contributed by atoms with Crippen LogP contribution in [0.4, 0.5) is 11.6 Å². The lowest BCUT2D eigenvalue weighted by atomic mass is 10.0. The summed E-state index contributed by atoms with van der Waals surface area (Å²) in [5.74, 6) is 1.83. The number of benzene rings is 1. The first-order chi connectivity index (χ1) is 11.7. The van der Waals surface area contributed by atoms with E-state index in [4.69, 9.17) is 0 Å². The molecular formula is C18H24N4O2. The van der Waals surface area contributed by atoms with Crippen molar-refractivity contribution in [2.45, 2.75) is 38.3 Å². The highest BCUT2D eigenvalue weighted by atomic mass is 16.3. The number of phenolic OH excluding ortho intramolecular Hbond substituents is 1. The van der Waals surface area contributed by atoms with Gasteiger partial charge in [-0.3, -0.25) is 0 Å². The Morgan fingerprint density at radius 3 is 2.96 bits per heavy atom. The lowest BCUT2D eigenvalue weighted by Crippen LogP contribution is -2.42. The van der Waals surface area contributed by atoms with Crippen LogP contribution < -0.4 is 10.2 Å². The van der Waals surface area contributed by atoms with Gasteiger partial charge in [-0.2, -0.15) is 0 Å². The van der Waals surface area contributed by atoms with Crippen molar-refractivity contribution in [2.24, 2.45) is 0 Å². The van der Waals surface area contributed by atoms with Gasteiger partial charge >= 0.3 is 0 Å². The Morgan fingerprint density at radius 1 is 1.29 bits per heavy atom. The van der Waals surface area contributed by atoms with E-state index in [0.717, 1.165) is 43.0 Å². The Balaban J connectivity index is 1.75. The molecule has 0 aliphatic carbocycles. The van der Waals surface area contributed by atoms with E-state index in [-0.39, 0.29) is 24.4 Å². The number of aliphatic hydroxyl groups excluding tert-OH is 1. The molecule has 1 aromatic carbocycles. The standard InChI is InChI=1S/C18H24N4O2/c1-13(14-5-4-7-16(24)9-14)21-17-10-18(20-12-19-17)22-8-3-2-6-15(22)11-23/h4-5,7,9-10,12-13,15,23-24H,2-3,6,8,11H2,1H3,(H,19,20,21). The predicted molar refractivity (Wildman–Crippen MR) is 94.2 cm³/mol. The van der Waals surface area contributed by atoms with Crippen LogP contribution in [-0.4, -0.2) is 39.4 Å². The molecule has 1 aliphatic heterocycles. The summed E-state index contributed by atoms with van der Waals surface area (Å²) in [6, 6.07) is 9.25. The molecule has 6 nitrogen and oxygen atoms in total. The maximum Gasteiger partial charge on any atom is 0.134 e. The topological polar surface area (TPSA) is 81.5 Å². The van der Waals surface area contributed by atoms with E-state index in [1.165, 1.54) is 0 Å². The fourth-order valence-electron chi connectivity index (χ4n) is 3.17. The number of hydrogen-bond acceptors (Lipinski definition) is 6. The number of aromatic hydroxyl groups is 1. The van der Waals surface area contributed by atoms with E-state index in [2.05, 4.69) is 20.2 Å². The average Bonchev–Trinajstić information content (AvgIpc) is 2.62. The van der Waals surface area contributed by atoms with E-state index in [0.29, 0.717) is 0 Å². The fourth-order valence-corrected chi connectivity index (χ4v) is 3.17. The van der Waals surface area contributed by atoms with E-state index >= 15 is 0 Å². The van der Waals surface area contributed by atoms with Crippen molar-refractivity contribution >= 4 is 11.6 Å². The van der Waals surface area contributed by atoms with Gasteiger partial charge < -0.3 is 20.4 Å². The third kappa shape index (κ3) is 3.76. The summed E-state index contributed by atoms with van der Waals surface area (Å²) in [6.07, 6.45) is 4.80. The van der Waals surface area contributed by atoms with Crippen LogP contribution in [0.5, 0.6) is 5.75 Å². The van der Waals surface area contributed by atoms with Gasteiger partial charge in [0.15, 0.2) is 0 Å². The molecule has 2 heterocycles. The highest BCUT2D eigenvalue weighted by Crippen LogP contribution is 2.26. The van der Waals surface area contributed by atoms with E-state index < -0.39 is 0 Å². The summed E-state index contributed by atoms with van der Waals surface area (Å²) in [6.45, 7) is 3.07. The zero-order valence-corrected chi connectivity index (χ0v) is 13.9. The minimum absolute atomic E-state index is 0.00912. The number of hydrogen-bond donors (Lipinski definition) is 3. The minimum atomic E-state index is 0.00912. The van der Waals surface area contributed by atoms with Crippen molar-refractivity contribution in [1.82, 2.24) is 9.97 Å². The van der Waals surface area contributed by atoms with Crippen LogP contribution in [0, 0.1) is 0 Å². The van der Waals surface area contributed by atoms with Crippen molar-refractivity contribution in [3.8, 4) is 5.75 Å². The minimum Gasteiger partial charge on any atom is -0.508 e. The fraction of sp³-hybridized carbons (Fsp3) is 0.444. The molecule has 0 spiro atoms. The first-order valence-corrected chi connectivity index (χ1v) is 8.42. The van der Waals surface area contributed by atoms with Gasteiger partial charge in [-0.25, -0.2) is 9.97 Å². The van der Waals surface area contributed by atoms with Gasteiger partial charge in [-0.15, -0.1) is 0 Å². The SMILES string of the molecule is CC(Nc1cc(N2CCCCC2CO)ncn1)c1cccc(O)c1. The van der Waals surface area contributed by atoms with Gasteiger partial charge in [0.25, 0.3) is 0 Å². The molecule has 0 amide bonds. The summed E-state index contributed by atoms with van der Waals surface area (Å²) in [5, 5.41) is 22.5. The number of aromatic nitrogens is 2. The zero-order valence-electron chi connectivity index (χ0n) is 13.9. The molecule has 128 valence electrons. The first-order valence-electron chi connectivity index (χ1n) is 8.42. The second-order valence-corrected chi connectivity index (χ2v) is 6.25. The molecule has 1 fully saturated rings. The van der Waals surface area contributed by atoms with E-state index in [1.54, 1.807) is 18.5 Å². The second-order valence-electron chi connectivity index (χ2n) is 6.25. The molecule has 2 unspecified atom stereocenters. The second kappa shape index (κ2) is 7.49. The lowest BCUT2D eigenvalue weighted by Gasteiger charge is -2.35. The van der Waals surface area contributed by atoms with Gasteiger partial charge in [0.2, 0.25) is 0 Å². The number of phenols is 1. The van der Waals surface area contributed by atoms with Crippen molar-refractivity contribution in [1.29, 1.82) is 0 Å². The summed E-state index contributed by atoms with van der Waals surface area (Å²) in [7, 11) is 0. The first kappa shape index (κ1) is 16.5. The summed E-state index contributed by atoms with van der Waals surface area (Å²) in [4.78, 5) is 10.8. The zero-order chi connectivity index (χ0) is 16.9. The van der Waals surface area contributed by atoms with Crippen LogP contribution in [0.25, 0.3) is 0 Å². The molecule has 2 aromatic rings. The molecular weight excluding hydrogens is 304 g/mol. The molecule has 6 heteroatoms. The quantitative estimate of drug-likeness (QED) is 0.783. The van der Waals surface area contributed by atoms with Gasteiger partial charge in [0.1, 0.15) is 23.7 Å². The number of piperidine rings is 1. The van der Waals surface area contributed by atoms with Gasteiger partial charge in [0, 0.05) is 12.6 Å². The molecule has 3 rings (SSSR count). The summed E-state index contributed by atoms with van der Waals surface area (Å²) < 4.78 is 0. The molecule has 1 aliphatic rings.